The Morgan fingerprint density at radius 1 is 1.21 bits per heavy atom. The van der Waals surface area contributed by atoms with Crippen LogP contribution in [0.1, 0.15) is 0 Å². The van der Waals surface area contributed by atoms with E-state index in [2.05, 4.69) is 31.1 Å². The number of nitrogens with one attached hydrogen (secondary N) is 1. The summed E-state index contributed by atoms with van der Waals surface area (Å²) in [7, 11) is 0. The van der Waals surface area contributed by atoms with Gasteiger partial charge in [0.2, 0.25) is 0 Å². The smallest absolute Gasteiger partial charge is 0.186 e. The maximum absolute atomic E-state index is 13.3. The summed E-state index contributed by atoms with van der Waals surface area (Å²) in [5, 5.41) is 6.00. The molecule has 0 bridgehead atoms. The summed E-state index contributed by atoms with van der Waals surface area (Å²) in [6, 6.07) is 2.32. The van der Waals surface area contributed by atoms with E-state index >= 15 is 0 Å². The number of nitrogens with zero attached hydrogens (tertiary/aromatic N) is 2. The summed E-state index contributed by atoms with van der Waals surface area (Å²) < 4.78 is 27.0. The molecular formula is C8H4BrF2N3. The number of hydrogen-bond acceptors (Lipinski definition) is 2. The first kappa shape index (κ1) is 9.26. The lowest BCUT2D eigenvalue weighted by Crippen LogP contribution is -1.92. The summed E-state index contributed by atoms with van der Waals surface area (Å²) in [4.78, 5) is 3.68. The number of H-pyrrole nitrogens is 1. The average Bonchev–Trinajstić information content (AvgIpc) is 2.54. The fourth-order valence-corrected chi connectivity index (χ4v) is 1.49. The van der Waals surface area contributed by atoms with Gasteiger partial charge in [-0.3, -0.25) is 5.10 Å². The van der Waals surface area contributed by atoms with Gasteiger partial charge in [-0.15, -0.1) is 0 Å². The third-order valence-electron chi connectivity index (χ3n) is 1.65. The van der Waals surface area contributed by atoms with Crippen LogP contribution in [-0.2, 0) is 0 Å². The predicted octanol–water partition coefficient (Wildman–Crippen LogP) is 2.51. The minimum absolute atomic E-state index is 0.00694. The number of hydrogen-bond donors (Lipinski definition) is 1. The van der Waals surface area contributed by atoms with Crippen LogP contribution >= 0.6 is 15.9 Å². The fraction of sp³-hybridized carbons (Fsp3) is 0. The molecule has 1 N–H and O–H groups in total. The SMILES string of the molecule is Fc1cc(Br)cc(F)c1-c1nc[nH]n1. The van der Waals surface area contributed by atoms with E-state index < -0.39 is 11.6 Å². The van der Waals surface area contributed by atoms with Gasteiger partial charge < -0.3 is 0 Å². The molecule has 0 saturated carbocycles. The highest BCUT2D eigenvalue weighted by atomic mass is 79.9. The number of aromatic nitrogens is 3. The molecule has 0 aliphatic carbocycles. The highest BCUT2D eigenvalue weighted by Crippen LogP contribution is 2.25. The molecule has 1 aromatic heterocycles. The highest BCUT2D eigenvalue weighted by molar-refractivity contribution is 9.10. The standard InChI is InChI=1S/C8H4BrF2N3/c9-4-1-5(10)7(6(11)2-4)8-12-3-13-14-8/h1-3H,(H,12,13,14). The summed E-state index contributed by atoms with van der Waals surface area (Å²) in [5.41, 5.74) is -0.227. The van der Waals surface area contributed by atoms with Crippen LogP contribution in [0.2, 0.25) is 0 Å². The molecule has 0 spiro atoms. The minimum Gasteiger partial charge on any atom is -0.265 e. The van der Waals surface area contributed by atoms with Gasteiger partial charge >= 0.3 is 0 Å². The third-order valence-corrected chi connectivity index (χ3v) is 2.10. The van der Waals surface area contributed by atoms with Crippen molar-refractivity contribution in [1.29, 1.82) is 0 Å². The second-order valence-corrected chi connectivity index (χ2v) is 3.48. The summed E-state index contributed by atoms with van der Waals surface area (Å²) in [6.07, 6.45) is 1.26. The molecule has 0 unspecified atom stereocenters. The minimum atomic E-state index is -0.698. The van der Waals surface area contributed by atoms with Gasteiger partial charge in [-0.05, 0) is 12.1 Å². The Morgan fingerprint density at radius 3 is 2.36 bits per heavy atom. The zero-order valence-corrected chi connectivity index (χ0v) is 8.35. The largest absolute Gasteiger partial charge is 0.265 e. The average molecular weight is 260 g/mol. The van der Waals surface area contributed by atoms with Crippen molar-refractivity contribution in [2.24, 2.45) is 0 Å². The lowest BCUT2D eigenvalue weighted by Gasteiger charge is -2.00. The van der Waals surface area contributed by atoms with E-state index in [0.29, 0.717) is 4.47 Å². The molecule has 0 fully saturated rings. The van der Waals surface area contributed by atoms with Gasteiger partial charge in [0, 0.05) is 4.47 Å². The van der Waals surface area contributed by atoms with Crippen molar-refractivity contribution < 1.29 is 8.78 Å². The molecule has 6 heteroatoms. The van der Waals surface area contributed by atoms with Crippen LogP contribution in [0.4, 0.5) is 8.78 Å². The van der Waals surface area contributed by atoms with E-state index in [1.165, 1.54) is 6.33 Å². The zero-order valence-electron chi connectivity index (χ0n) is 6.76. The molecule has 0 atom stereocenters. The van der Waals surface area contributed by atoms with Crippen molar-refractivity contribution in [3.63, 3.8) is 0 Å². The van der Waals surface area contributed by atoms with Crippen molar-refractivity contribution in [1.82, 2.24) is 15.2 Å². The van der Waals surface area contributed by atoms with Crippen LogP contribution in [-0.4, -0.2) is 15.2 Å². The van der Waals surface area contributed by atoms with E-state index in [1.807, 2.05) is 0 Å². The Balaban J connectivity index is 2.64. The normalized spacial score (nSPS) is 10.5. The van der Waals surface area contributed by atoms with Gasteiger partial charge in [-0.25, -0.2) is 13.8 Å². The molecule has 0 radical (unpaired) electrons. The molecule has 72 valence electrons. The van der Waals surface area contributed by atoms with Gasteiger partial charge in [0.05, 0.1) is 5.56 Å². The van der Waals surface area contributed by atoms with Crippen LogP contribution in [0.3, 0.4) is 0 Å². The summed E-state index contributed by atoms with van der Waals surface area (Å²) in [6.45, 7) is 0. The van der Waals surface area contributed by atoms with Gasteiger partial charge in [-0.2, -0.15) is 5.10 Å². The molecule has 3 nitrogen and oxygen atoms in total. The Morgan fingerprint density at radius 2 is 1.86 bits per heavy atom. The van der Waals surface area contributed by atoms with Crippen molar-refractivity contribution in [2.75, 3.05) is 0 Å². The van der Waals surface area contributed by atoms with E-state index in [-0.39, 0.29) is 11.4 Å². The summed E-state index contributed by atoms with van der Waals surface area (Å²) in [5.74, 6) is -1.39. The number of aromatic amines is 1. The fourth-order valence-electron chi connectivity index (χ4n) is 1.09. The van der Waals surface area contributed by atoms with Crippen molar-refractivity contribution in [2.45, 2.75) is 0 Å². The maximum Gasteiger partial charge on any atom is 0.186 e. The Labute approximate surface area is 86.3 Å². The zero-order chi connectivity index (χ0) is 10.1. The molecule has 2 rings (SSSR count). The summed E-state index contributed by atoms with van der Waals surface area (Å²) >= 11 is 2.98. The van der Waals surface area contributed by atoms with Crippen LogP contribution in [0.15, 0.2) is 22.9 Å². The molecule has 1 heterocycles. The quantitative estimate of drug-likeness (QED) is 0.855. The second-order valence-electron chi connectivity index (χ2n) is 2.57. The van der Waals surface area contributed by atoms with Crippen LogP contribution in [0.5, 0.6) is 0 Å². The first-order chi connectivity index (χ1) is 6.68. The molecule has 0 aliphatic rings. The Bertz CT molecular complexity index is 433. The van der Waals surface area contributed by atoms with Crippen LogP contribution in [0.25, 0.3) is 11.4 Å². The van der Waals surface area contributed by atoms with E-state index in [4.69, 9.17) is 0 Å². The lowest BCUT2D eigenvalue weighted by molar-refractivity contribution is 0.586. The van der Waals surface area contributed by atoms with Gasteiger partial charge in [0.1, 0.15) is 18.0 Å². The maximum atomic E-state index is 13.3. The first-order valence-electron chi connectivity index (χ1n) is 3.69. The van der Waals surface area contributed by atoms with E-state index in [1.54, 1.807) is 0 Å². The first-order valence-corrected chi connectivity index (χ1v) is 4.48. The number of halogens is 3. The lowest BCUT2D eigenvalue weighted by atomic mass is 10.2. The van der Waals surface area contributed by atoms with E-state index in [9.17, 15) is 8.78 Å². The highest BCUT2D eigenvalue weighted by Gasteiger charge is 2.15. The molecular weight excluding hydrogens is 256 g/mol. The van der Waals surface area contributed by atoms with Crippen LogP contribution < -0.4 is 0 Å². The topological polar surface area (TPSA) is 41.6 Å². The molecule has 0 saturated heterocycles. The molecule has 14 heavy (non-hydrogen) atoms. The Hall–Kier alpha value is -1.30. The Kier molecular flexibility index (Phi) is 2.28. The molecule has 0 aliphatic heterocycles. The predicted molar refractivity (Wildman–Crippen MR) is 49.4 cm³/mol. The van der Waals surface area contributed by atoms with Crippen molar-refractivity contribution in [3.05, 3.63) is 34.6 Å². The van der Waals surface area contributed by atoms with E-state index in [0.717, 1.165) is 12.1 Å². The van der Waals surface area contributed by atoms with Crippen molar-refractivity contribution in [3.8, 4) is 11.4 Å². The number of rotatable bonds is 1. The molecule has 0 amide bonds. The molecule has 2 aromatic rings. The monoisotopic (exact) mass is 259 g/mol. The second kappa shape index (κ2) is 3.45. The van der Waals surface area contributed by atoms with Gasteiger partial charge in [0.25, 0.3) is 0 Å². The third kappa shape index (κ3) is 1.52. The van der Waals surface area contributed by atoms with Crippen LogP contribution in [0, 0.1) is 11.6 Å². The van der Waals surface area contributed by atoms with Gasteiger partial charge in [-0.1, -0.05) is 15.9 Å². The van der Waals surface area contributed by atoms with Gasteiger partial charge in [0.15, 0.2) is 5.82 Å². The van der Waals surface area contributed by atoms with Crippen molar-refractivity contribution >= 4 is 15.9 Å². The molecule has 1 aromatic carbocycles. The number of benzene rings is 1.